The summed E-state index contributed by atoms with van der Waals surface area (Å²) in [6, 6.07) is 5.17. The van der Waals surface area contributed by atoms with Gasteiger partial charge in [-0.3, -0.25) is 0 Å². The lowest BCUT2D eigenvalue weighted by molar-refractivity contribution is -0.216. The van der Waals surface area contributed by atoms with Crippen molar-refractivity contribution in [1.29, 1.82) is 0 Å². The van der Waals surface area contributed by atoms with Gasteiger partial charge >= 0.3 is 12.5 Å². The van der Waals surface area contributed by atoms with E-state index in [1.165, 1.54) is 4.57 Å². The largest absolute Gasteiger partial charge is 0.505 e. The smallest absolute Gasteiger partial charge is 0.496 e. The van der Waals surface area contributed by atoms with Gasteiger partial charge in [0.15, 0.2) is 11.9 Å². The monoisotopic (exact) mass is 421 g/mol. The predicted octanol–water partition coefficient (Wildman–Crippen LogP) is 5.18. The van der Waals surface area contributed by atoms with Crippen molar-refractivity contribution in [3.8, 4) is 11.6 Å². The van der Waals surface area contributed by atoms with Crippen molar-refractivity contribution in [2.24, 2.45) is 0 Å². The van der Waals surface area contributed by atoms with Crippen LogP contribution in [0, 0.1) is 13.8 Å². The van der Waals surface area contributed by atoms with Crippen LogP contribution in [0.4, 0.5) is 26.3 Å². The van der Waals surface area contributed by atoms with Gasteiger partial charge < -0.3 is 14.0 Å². The molecule has 0 bridgehead atoms. The Balaban J connectivity index is 2.47. The molecule has 0 radical (unpaired) electrons. The van der Waals surface area contributed by atoms with E-state index in [1.54, 1.807) is 26.0 Å². The summed E-state index contributed by atoms with van der Waals surface area (Å²) in [6.07, 6.45) is -12.1. The van der Waals surface area contributed by atoms with Crippen LogP contribution >= 0.6 is 0 Å². The van der Waals surface area contributed by atoms with Crippen LogP contribution in [-0.4, -0.2) is 34.7 Å². The van der Waals surface area contributed by atoms with E-state index in [-0.39, 0.29) is 21.6 Å². The van der Waals surface area contributed by atoms with Crippen LogP contribution in [0.3, 0.4) is 0 Å². The van der Waals surface area contributed by atoms with Gasteiger partial charge in [0.1, 0.15) is 5.75 Å². The third kappa shape index (κ3) is 3.43. The molecule has 0 aliphatic rings. The van der Waals surface area contributed by atoms with Gasteiger partial charge in [0.2, 0.25) is 0 Å². The number of rotatable bonds is 4. The fourth-order valence-electron chi connectivity index (χ4n) is 3.40. The number of benzene rings is 1. The Morgan fingerprint density at radius 2 is 1.52 bits per heavy atom. The summed E-state index contributed by atoms with van der Waals surface area (Å²) >= 11 is 0. The van der Waals surface area contributed by atoms with Gasteiger partial charge in [-0.15, -0.1) is 18.3 Å². The van der Waals surface area contributed by atoms with Crippen LogP contribution in [0.5, 0.6) is 5.75 Å². The van der Waals surface area contributed by atoms with E-state index in [0.29, 0.717) is 11.4 Å². The minimum atomic E-state index is -4.89. The van der Waals surface area contributed by atoms with Crippen LogP contribution in [0.25, 0.3) is 16.7 Å². The van der Waals surface area contributed by atoms with Crippen molar-refractivity contribution in [3.05, 3.63) is 41.2 Å². The topological polar surface area (TPSA) is 41.2 Å². The average Bonchev–Trinajstić information content (AvgIpc) is 3.14. The highest BCUT2D eigenvalue weighted by molar-refractivity contribution is 5.94. The van der Waals surface area contributed by atoms with Crippen molar-refractivity contribution < 1.29 is 35.8 Å². The summed E-state index contributed by atoms with van der Waals surface area (Å²) in [5.74, 6) is -0.572. The number of alkyl halides is 6. The number of fused-ring (bicyclic) bond motifs is 1. The lowest BCUT2D eigenvalue weighted by atomic mass is 10.0. The van der Waals surface area contributed by atoms with Gasteiger partial charge in [-0.1, -0.05) is 6.07 Å². The number of halogens is 6. The molecule has 158 valence electrons. The molecule has 11 heteroatoms. The molecular formula is C18H17F6N3O2. The van der Waals surface area contributed by atoms with Crippen LogP contribution in [0.2, 0.25) is 0 Å². The summed E-state index contributed by atoms with van der Waals surface area (Å²) in [6.45, 7) is 3.30. The second-order valence-electron chi connectivity index (χ2n) is 6.39. The molecule has 3 aromatic rings. The second-order valence-corrected chi connectivity index (χ2v) is 6.39. The van der Waals surface area contributed by atoms with E-state index in [0.717, 1.165) is 26.4 Å². The molecule has 29 heavy (non-hydrogen) atoms. The number of hydrogen-bond donors (Lipinski definition) is 0. The average molecular weight is 421 g/mol. The van der Waals surface area contributed by atoms with Crippen LogP contribution in [0.1, 0.15) is 23.1 Å². The number of nitrogens with zero attached hydrogens (tertiary/aromatic N) is 3. The highest BCUT2D eigenvalue weighted by atomic mass is 19.4. The highest BCUT2D eigenvalue weighted by Crippen LogP contribution is 2.45. The van der Waals surface area contributed by atoms with Gasteiger partial charge in [0, 0.05) is 24.1 Å². The van der Waals surface area contributed by atoms with Gasteiger partial charge in [-0.2, -0.15) is 17.9 Å². The van der Waals surface area contributed by atoms with Gasteiger partial charge in [0.25, 0.3) is 0 Å². The normalized spacial score (nSPS) is 13.9. The summed E-state index contributed by atoms with van der Waals surface area (Å²) in [5.41, 5.74) is 0.239. The standard InChI is InChI=1S/C18H17F6N3O2/c1-9-5-6-10(2)26(9)16-13-12(27(25-16)18(22,23)24)8-7-11(14(13)28-3)15(29-4)17(19,20)21/h5-8,15H,1-4H3. The van der Waals surface area contributed by atoms with Crippen LogP contribution in [-0.2, 0) is 11.0 Å². The number of aryl methyl sites for hydroxylation is 2. The van der Waals surface area contributed by atoms with Crippen LogP contribution in [0.15, 0.2) is 24.3 Å². The van der Waals surface area contributed by atoms with Crippen molar-refractivity contribution in [2.75, 3.05) is 14.2 Å². The molecule has 0 fully saturated rings. The maximum Gasteiger partial charge on any atom is 0.505 e. The third-order valence-corrected chi connectivity index (χ3v) is 4.56. The minimum Gasteiger partial charge on any atom is -0.496 e. The molecule has 2 heterocycles. The van der Waals surface area contributed by atoms with Crippen molar-refractivity contribution in [3.63, 3.8) is 0 Å². The highest BCUT2D eigenvalue weighted by Gasteiger charge is 2.44. The molecule has 1 atom stereocenters. The molecule has 1 unspecified atom stereocenters. The Morgan fingerprint density at radius 3 is 1.97 bits per heavy atom. The summed E-state index contributed by atoms with van der Waals surface area (Å²) in [5, 5.41) is 3.48. The Bertz CT molecular complexity index is 1030. The minimum absolute atomic E-state index is 0.182. The molecule has 0 amide bonds. The predicted molar refractivity (Wildman–Crippen MR) is 92.2 cm³/mol. The maximum absolute atomic E-state index is 13.6. The van der Waals surface area contributed by atoms with E-state index in [2.05, 4.69) is 9.84 Å². The number of aromatic nitrogens is 3. The van der Waals surface area contributed by atoms with E-state index in [4.69, 9.17) is 4.74 Å². The van der Waals surface area contributed by atoms with Crippen molar-refractivity contribution >= 4 is 10.9 Å². The maximum atomic E-state index is 13.6. The summed E-state index contributed by atoms with van der Waals surface area (Å²) < 4.78 is 92.0. The third-order valence-electron chi connectivity index (χ3n) is 4.56. The van der Waals surface area contributed by atoms with E-state index >= 15 is 0 Å². The molecular weight excluding hydrogens is 404 g/mol. The zero-order chi connectivity index (χ0) is 21.7. The zero-order valence-electron chi connectivity index (χ0n) is 15.8. The molecule has 5 nitrogen and oxygen atoms in total. The summed E-state index contributed by atoms with van der Waals surface area (Å²) in [4.78, 5) is 0. The number of ether oxygens (including phenoxy) is 2. The van der Waals surface area contributed by atoms with E-state index in [9.17, 15) is 26.3 Å². The second kappa shape index (κ2) is 6.97. The van der Waals surface area contributed by atoms with Crippen LogP contribution < -0.4 is 4.74 Å². The zero-order valence-corrected chi connectivity index (χ0v) is 15.8. The van der Waals surface area contributed by atoms with E-state index < -0.39 is 29.7 Å². The lowest BCUT2D eigenvalue weighted by Crippen LogP contribution is -2.23. The molecule has 2 aromatic heterocycles. The number of hydrogen-bond acceptors (Lipinski definition) is 3. The SMILES string of the molecule is COc1c(C(OC)C(F)(F)F)ccc2c1c(-n1c(C)ccc1C)nn2C(F)(F)F. The molecule has 0 N–H and O–H groups in total. The number of methoxy groups -OCH3 is 2. The molecule has 3 rings (SSSR count). The molecule has 0 spiro atoms. The Morgan fingerprint density at radius 1 is 0.931 bits per heavy atom. The van der Waals surface area contributed by atoms with E-state index in [1.807, 2.05) is 0 Å². The molecule has 0 aliphatic carbocycles. The fraction of sp³-hybridized carbons (Fsp3) is 0.389. The molecule has 0 aliphatic heterocycles. The van der Waals surface area contributed by atoms with Gasteiger partial charge in [-0.05, 0) is 32.0 Å². The molecule has 1 aromatic carbocycles. The molecule has 0 saturated carbocycles. The van der Waals surface area contributed by atoms with Gasteiger partial charge in [-0.25, -0.2) is 0 Å². The fourth-order valence-corrected chi connectivity index (χ4v) is 3.40. The van der Waals surface area contributed by atoms with Gasteiger partial charge in [0.05, 0.1) is 18.0 Å². The quantitative estimate of drug-likeness (QED) is 0.546. The lowest BCUT2D eigenvalue weighted by Gasteiger charge is -2.22. The Labute approximate surface area is 161 Å². The van der Waals surface area contributed by atoms with Crippen molar-refractivity contribution in [1.82, 2.24) is 14.3 Å². The first kappa shape index (κ1) is 21.0. The summed E-state index contributed by atoms with van der Waals surface area (Å²) in [7, 11) is 1.95. The Kier molecular flexibility index (Phi) is 5.06. The first-order valence-electron chi connectivity index (χ1n) is 8.33. The first-order chi connectivity index (χ1) is 13.4. The molecule has 0 saturated heterocycles. The first-order valence-corrected chi connectivity index (χ1v) is 8.33. The Hall–Kier alpha value is -2.69. The van der Waals surface area contributed by atoms with Crippen molar-refractivity contribution in [2.45, 2.75) is 32.4 Å².